The van der Waals surface area contributed by atoms with Crippen molar-refractivity contribution in [2.24, 2.45) is 0 Å². The molecule has 21 heavy (non-hydrogen) atoms. The fourth-order valence-corrected chi connectivity index (χ4v) is 2.46. The van der Waals surface area contributed by atoms with Crippen molar-refractivity contribution in [2.75, 3.05) is 25.0 Å². The number of aliphatic hydroxyl groups is 1. The number of β-amino-alcohol motifs (C(OH)–C–C–N with tert-alkyl or cyclic N) is 1. The van der Waals surface area contributed by atoms with Gasteiger partial charge in [0.15, 0.2) is 0 Å². The van der Waals surface area contributed by atoms with E-state index in [4.69, 9.17) is 0 Å². The van der Waals surface area contributed by atoms with Crippen molar-refractivity contribution in [1.82, 2.24) is 4.90 Å². The second-order valence-corrected chi connectivity index (χ2v) is 5.49. The van der Waals surface area contributed by atoms with Crippen molar-refractivity contribution in [3.05, 3.63) is 33.9 Å². The molecule has 1 atom stereocenters. The molecule has 0 spiro atoms. The summed E-state index contributed by atoms with van der Waals surface area (Å²) in [5.41, 5.74) is -0.177. The van der Waals surface area contributed by atoms with Gasteiger partial charge in [0.2, 0.25) is 0 Å². The molecular formula is C14H19N3O4. The molecule has 1 unspecified atom stereocenters. The Morgan fingerprint density at radius 1 is 1.57 bits per heavy atom. The standard InChI is InChI=1S/C14H19N3O4/c1-3-15-12-5-4-10(17(20)21)8-11(12)13(18)16-7-6-14(2,19)9-16/h4-5,8,15,19H,3,6-7,9H2,1-2H3. The van der Waals surface area contributed by atoms with Gasteiger partial charge in [0.05, 0.1) is 16.1 Å². The highest BCUT2D eigenvalue weighted by atomic mass is 16.6. The zero-order valence-corrected chi connectivity index (χ0v) is 12.1. The monoisotopic (exact) mass is 293 g/mol. The number of non-ortho nitro benzene ring substituents is 1. The molecule has 0 radical (unpaired) electrons. The Kier molecular flexibility index (Phi) is 4.13. The Bertz CT molecular complexity index is 571. The molecule has 2 N–H and O–H groups in total. The van der Waals surface area contributed by atoms with Crippen LogP contribution in [-0.2, 0) is 0 Å². The molecule has 2 rings (SSSR count). The molecule has 1 aromatic rings. The Morgan fingerprint density at radius 2 is 2.29 bits per heavy atom. The minimum Gasteiger partial charge on any atom is -0.388 e. The average molecular weight is 293 g/mol. The second kappa shape index (κ2) is 5.69. The van der Waals surface area contributed by atoms with Crippen LogP contribution in [0.15, 0.2) is 18.2 Å². The molecule has 0 saturated carbocycles. The van der Waals surface area contributed by atoms with E-state index in [2.05, 4.69) is 5.32 Å². The summed E-state index contributed by atoms with van der Waals surface area (Å²) in [4.78, 5) is 24.5. The lowest BCUT2D eigenvalue weighted by Crippen LogP contribution is -2.34. The summed E-state index contributed by atoms with van der Waals surface area (Å²) in [6.45, 7) is 4.85. The number of anilines is 1. The molecule has 1 heterocycles. The van der Waals surface area contributed by atoms with Crippen molar-refractivity contribution in [2.45, 2.75) is 25.9 Å². The van der Waals surface area contributed by atoms with Gasteiger partial charge >= 0.3 is 0 Å². The molecule has 7 nitrogen and oxygen atoms in total. The lowest BCUT2D eigenvalue weighted by Gasteiger charge is -2.20. The van der Waals surface area contributed by atoms with E-state index in [1.165, 1.54) is 17.0 Å². The van der Waals surface area contributed by atoms with E-state index < -0.39 is 10.5 Å². The molecule has 1 saturated heterocycles. The second-order valence-electron chi connectivity index (χ2n) is 5.49. The van der Waals surface area contributed by atoms with Gasteiger partial charge in [-0.3, -0.25) is 14.9 Å². The summed E-state index contributed by atoms with van der Waals surface area (Å²) in [6.07, 6.45) is 0.504. The predicted octanol–water partition coefficient (Wildman–Crippen LogP) is 1.62. The number of amides is 1. The summed E-state index contributed by atoms with van der Waals surface area (Å²) in [5.74, 6) is -0.299. The summed E-state index contributed by atoms with van der Waals surface area (Å²) >= 11 is 0. The number of hydrogen-bond acceptors (Lipinski definition) is 5. The number of carbonyl (C=O) groups excluding carboxylic acids is 1. The largest absolute Gasteiger partial charge is 0.388 e. The van der Waals surface area contributed by atoms with Crippen LogP contribution in [0.5, 0.6) is 0 Å². The number of nitro groups is 1. The first-order valence-corrected chi connectivity index (χ1v) is 6.88. The fourth-order valence-electron chi connectivity index (χ4n) is 2.46. The maximum atomic E-state index is 12.6. The number of nitrogens with one attached hydrogen (secondary N) is 1. The van der Waals surface area contributed by atoms with Gasteiger partial charge in [0, 0.05) is 37.5 Å². The van der Waals surface area contributed by atoms with Crippen LogP contribution in [0.2, 0.25) is 0 Å². The van der Waals surface area contributed by atoms with E-state index in [0.29, 0.717) is 25.2 Å². The van der Waals surface area contributed by atoms with Gasteiger partial charge in [-0.05, 0) is 26.3 Å². The first-order valence-electron chi connectivity index (χ1n) is 6.88. The lowest BCUT2D eigenvalue weighted by molar-refractivity contribution is -0.384. The third-order valence-electron chi connectivity index (χ3n) is 3.55. The van der Waals surface area contributed by atoms with E-state index in [-0.39, 0.29) is 23.7 Å². The Labute approximate surface area is 122 Å². The van der Waals surface area contributed by atoms with E-state index in [9.17, 15) is 20.0 Å². The minimum absolute atomic E-state index is 0.119. The molecular weight excluding hydrogens is 274 g/mol. The molecule has 1 fully saturated rings. The highest BCUT2D eigenvalue weighted by Gasteiger charge is 2.35. The number of nitrogens with zero attached hydrogens (tertiary/aromatic N) is 2. The zero-order chi connectivity index (χ0) is 15.6. The van der Waals surface area contributed by atoms with Crippen molar-refractivity contribution in [1.29, 1.82) is 0 Å². The van der Waals surface area contributed by atoms with Crippen LogP contribution in [0.3, 0.4) is 0 Å². The summed E-state index contributed by atoms with van der Waals surface area (Å²) in [6, 6.07) is 4.20. The van der Waals surface area contributed by atoms with Gasteiger partial charge in [-0.15, -0.1) is 0 Å². The Hall–Kier alpha value is -2.15. The van der Waals surface area contributed by atoms with Crippen LogP contribution in [0.25, 0.3) is 0 Å². The molecule has 1 aliphatic rings. The van der Waals surface area contributed by atoms with Crippen LogP contribution in [0.4, 0.5) is 11.4 Å². The first-order chi connectivity index (χ1) is 9.84. The quantitative estimate of drug-likeness (QED) is 0.649. The summed E-state index contributed by atoms with van der Waals surface area (Å²) in [5, 5.41) is 23.9. The van der Waals surface area contributed by atoms with Gasteiger partial charge < -0.3 is 15.3 Å². The first kappa shape index (κ1) is 15.2. The number of likely N-dealkylation sites (tertiary alicyclic amines) is 1. The summed E-state index contributed by atoms with van der Waals surface area (Å²) in [7, 11) is 0. The van der Waals surface area contributed by atoms with Gasteiger partial charge in [-0.2, -0.15) is 0 Å². The number of nitro benzene ring substituents is 1. The van der Waals surface area contributed by atoms with Crippen LogP contribution >= 0.6 is 0 Å². The number of rotatable bonds is 4. The fraction of sp³-hybridized carbons (Fsp3) is 0.500. The van der Waals surface area contributed by atoms with Crippen molar-refractivity contribution >= 4 is 17.3 Å². The zero-order valence-electron chi connectivity index (χ0n) is 12.1. The Balaban J connectivity index is 2.33. The molecule has 0 aliphatic carbocycles. The summed E-state index contributed by atoms with van der Waals surface area (Å²) < 4.78 is 0. The number of benzene rings is 1. The van der Waals surface area contributed by atoms with Gasteiger partial charge in [0.1, 0.15) is 0 Å². The van der Waals surface area contributed by atoms with E-state index in [1.807, 2.05) is 6.92 Å². The lowest BCUT2D eigenvalue weighted by atomic mass is 10.1. The molecule has 0 bridgehead atoms. The molecule has 7 heteroatoms. The normalized spacial score (nSPS) is 21.4. The van der Waals surface area contributed by atoms with Crippen molar-refractivity contribution < 1.29 is 14.8 Å². The minimum atomic E-state index is -0.894. The smallest absolute Gasteiger partial charge is 0.270 e. The van der Waals surface area contributed by atoms with E-state index in [0.717, 1.165) is 0 Å². The van der Waals surface area contributed by atoms with Crippen LogP contribution < -0.4 is 5.32 Å². The van der Waals surface area contributed by atoms with Crippen LogP contribution in [0, 0.1) is 10.1 Å². The highest BCUT2D eigenvalue weighted by molar-refractivity contribution is 6.00. The molecule has 1 aliphatic heterocycles. The Morgan fingerprint density at radius 3 is 2.81 bits per heavy atom. The molecule has 1 aromatic carbocycles. The van der Waals surface area contributed by atoms with Gasteiger partial charge in [0.25, 0.3) is 11.6 Å². The van der Waals surface area contributed by atoms with Crippen molar-refractivity contribution in [3.8, 4) is 0 Å². The number of hydrogen-bond donors (Lipinski definition) is 2. The molecule has 0 aromatic heterocycles. The third-order valence-corrected chi connectivity index (χ3v) is 3.55. The molecule has 114 valence electrons. The van der Waals surface area contributed by atoms with Gasteiger partial charge in [-0.1, -0.05) is 0 Å². The maximum absolute atomic E-state index is 12.6. The highest BCUT2D eigenvalue weighted by Crippen LogP contribution is 2.27. The van der Waals surface area contributed by atoms with Crippen LogP contribution in [-0.4, -0.2) is 46.1 Å². The maximum Gasteiger partial charge on any atom is 0.270 e. The SMILES string of the molecule is CCNc1ccc([N+](=O)[O-])cc1C(=O)N1CCC(C)(O)C1. The average Bonchev–Trinajstić information content (AvgIpc) is 2.79. The third kappa shape index (κ3) is 3.30. The van der Waals surface area contributed by atoms with E-state index >= 15 is 0 Å². The predicted molar refractivity (Wildman–Crippen MR) is 78.4 cm³/mol. The van der Waals surface area contributed by atoms with E-state index in [1.54, 1.807) is 13.0 Å². The number of carbonyl (C=O) groups is 1. The van der Waals surface area contributed by atoms with Crippen molar-refractivity contribution in [3.63, 3.8) is 0 Å². The topological polar surface area (TPSA) is 95.7 Å². The van der Waals surface area contributed by atoms with Gasteiger partial charge in [-0.25, -0.2) is 0 Å². The molecule has 1 amide bonds. The van der Waals surface area contributed by atoms with Crippen LogP contribution in [0.1, 0.15) is 30.6 Å².